The van der Waals surface area contributed by atoms with Crippen LogP contribution in [-0.2, 0) is 49.4 Å². The summed E-state index contributed by atoms with van der Waals surface area (Å²) in [5.74, 6) is -4.00. The quantitative estimate of drug-likeness (QED) is 0.0726. The molecule has 4 amide bonds. The number of rotatable bonds is 17. The zero-order chi connectivity index (χ0) is 38.8. The predicted molar refractivity (Wildman–Crippen MR) is 218 cm³/mol. The Hall–Kier alpha value is -5.61. The SMILES string of the molecule is NC(=O)[C@H](CCc1ccccc1)NC(=O)[C@H](Cc1csc2ccccc12)NC(=O)CP(=O)(O)C(Cc1ccccc1)NC(=O)Cc1ccc2ccccc2c1. The molecule has 6 N–H and O–H groups in total. The van der Waals surface area contributed by atoms with Gasteiger partial charge < -0.3 is 26.6 Å². The molecule has 0 spiro atoms. The van der Waals surface area contributed by atoms with Crippen molar-refractivity contribution in [3.63, 3.8) is 0 Å². The molecule has 0 aliphatic carbocycles. The summed E-state index contributed by atoms with van der Waals surface area (Å²) < 4.78 is 15.1. The van der Waals surface area contributed by atoms with Crippen molar-refractivity contribution in [2.24, 2.45) is 5.73 Å². The third-order valence-corrected chi connectivity index (χ3v) is 12.5. The first-order valence-corrected chi connectivity index (χ1v) is 20.8. The number of hydrogen-bond acceptors (Lipinski definition) is 6. The molecule has 0 saturated carbocycles. The monoisotopic (exact) mass is 774 g/mol. The molecule has 6 aromatic rings. The molecule has 10 nitrogen and oxygen atoms in total. The molecule has 12 heteroatoms. The van der Waals surface area contributed by atoms with E-state index < -0.39 is 55.0 Å². The topological polar surface area (TPSA) is 168 Å². The normalized spacial score (nSPS) is 14.0. The van der Waals surface area contributed by atoms with Crippen LogP contribution in [0, 0.1) is 0 Å². The average Bonchev–Trinajstić information content (AvgIpc) is 3.58. The molecule has 1 heterocycles. The van der Waals surface area contributed by atoms with Gasteiger partial charge in [0.15, 0.2) is 0 Å². The fraction of sp³-hybridized carbons (Fsp3) is 0.209. The maximum atomic E-state index is 14.1. The molecule has 1 aromatic heterocycles. The molecular weight excluding hydrogens is 732 g/mol. The van der Waals surface area contributed by atoms with Crippen molar-refractivity contribution in [2.45, 2.75) is 50.0 Å². The van der Waals surface area contributed by atoms with Crippen LogP contribution in [0.5, 0.6) is 0 Å². The van der Waals surface area contributed by atoms with Crippen LogP contribution in [0.2, 0.25) is 0 Å². The largest absolute Gasteiger partial charge is 0.368 e. The lowest BCUT2D eigenvalue weighted by atomic mass is 10.0. The maximum Gasteiger partial charge on any atom is 0.243 e. The number of carbonyl (C=O) groups is 4. The Labute approximate surface area is 323 Å². The third-order valence-electron chi connectivity index (χ3n) is 9.50. The number of benzene rings is 5. The van der Waals surface area contributed by atoms with Gasteiger partial charge in [-0.15, -0.1) is 11.3 Å². The van der Waals surface area contributed by atoms with E-state index in [2.05, 4.69) is 16.0 Å². The van der Waals surface area contributed by atoms with Crippen molar-refractivity contribution in [3.05, 3.63) is 155 Å². The highest BCUT2D eigenvalue weighted by Gasteiger charge is 2.36. The Morgan fingerprint density at radius 1 is 0.673 bits per heavy atom. The van der Waals surface area contributed by atoms with Crippen molar-refractivity contribution in [1.29, 1.82) is 0 Å². The van der Waals surface area contributed by atoms with Crippen LogP contribution >= 0.6 is 18.7 Å². The summed E-state index contributed by atoms with van der Waals surface area (Å²) in [5.41, 5.74) is 8.89. The van der Waals surface area contributed by atoms with Crippen LogP contribution in [0.1, 0.15) is 28.7 Å². The number of aryl methyl sites for hydroxylation is 1. The van der Waals surface area contributed by atoms with Gasteiger partial charge in [-0.05, 0) is 62.7 Å². The first kappa shape index (κ1) is 39.1. The van der Waals surface area contributed by atoms with E-state index in [-0.39, 0.29) is 25.7 Å². The van der Waals surface area contributed by atoms with Crippen molar-refractivity contribution in [3.8, 4) is 0 Å². The first-order chi connectivity index (χ1) is 26.5. The number of thiophene rings is 1. The van der Waals surface area contributed by atoms with Crippen LogP contribution in [0.3, 0.4) is 0 Å². The van der Waals surface area contributed by atoms with Crippen LogP contribution in [0.4, 0.5) is 0 Å². The van der Waals surface area contributed by atoms with E-state index >= 15 is 0 Å². The Bertz CT molecular complexity index is 2330. The molecule has 55 heavy (non-hydrogen) atoms. The summed E-state index contributed by atoms with van der Waals surface area (Å²) >= 11 is 1.49. The number of nitrogens with two attached hydrogens (primary N) is 1. The van der Waals surface area contributed by atoms with Gasteiger partial charge in [0.25, 0.3) is 0 Å². The first-order valence-electron chi connectivity index (χ1n) is 18.0. The van der Waals surface area contributed by atoms with Crippen molar-refractivity contribution >= 4 is 63.2 Å². The number of nitrogens with one attached hydrogen (secondary N) is 3. The Kier molecular flexibility index (Phi) is 12.9. The van der Waals surface area contributed by atoms with Crippen molar-refractivity contribution < 1.29 is 28.6 Å². The lowest BCUT2D eigenvalue weighted by Crippen LogP contribution is -2.54. The molecule has 282 valence electrons. The second-order valence-electron chi connectivity index (χ2n) is 13.6. The van der Waals surface area contributed by atoms with Gasteiger partial charge in [-0.2, -0.15) is 0 Å². The standard InChI is InChI=1S/C43H43N4O6PS/c44-42(50)36(22-20-29-11-3-1-4-12-29)46-43(51)37(26-34-28-55-38-18-10-9-17-35(34)38)45-40(49)27-54(52,53)41(25-30-13-5-2-6-14-30)47-39(48)24-31-19-21-32-15-7-8-16-33(32)23-31/h1-19,21,23,28,36-37,41H,20,22,24-27H2,(H2,44,50)(H,45,49)(H,46,51)(H,47,48)(H,52,53)/t36-,37-,41?/m0/s1. The zero-order valence-electron chi connectivity index (χ0n) is 30.1. The van der Waals surface area contributed by atoms with Crippen LogP contribution in [-0.4, -0.2) is 52.6 Å². The Balaban J connectivity index is 1.19. The van der Waals surface area contributed by atoms with E-state index in [4.69, 9.17) is 5.73 Å². The minimum atomic E-state index is -4.45. The highest BCUT2D eigenvalue weighted by molar-refractivity contribution is 7.59. The highest BCUT2D eigenvalue weighted by Crippen LogP contribution is 2.46. The highest BCUT2D eigenvalue weighted by atomic mass is 32.1. The molecule has 0 radical (unpaired) electrons. The molecular formula is C43H43N4O6PS. The van der Waals surface area contributed by atoms with E-state index in [1.54, 1.807) is 24.3 Å². The molecule has 0 aliphatic rings. The maximum absolute atomic E-state index is 14.1. The van der Waals surface area contributed by atoms with E-state index in [9.17, 15) is 28.6 Å². The third kappa shape index (κ3) is 10.8. The molecule has 0 fully saturated rings. The second kappa shape index (κ2) is 18.1. The van der Waals surface area contributed by atoms with Gasteiger partial charge in [-0.3, -0.25) is 23.7 Å². The summed E-state index contributed by atoms with van der Waals surface area (Å²) in [6, 6.07) is 37.3. The van der Waals surface area contributed by atoms with Crippen LogP contribution in [0.15, 0.2) is 133 Å². The van der Waals surface area contributed by atoms with Crippen LogP contribution in [0.25, 0.3) is 20.9 Å². The second-order valence-corrected chi connectivity index (χ2v) is 17.0. The number of carbonyl (C=O) groups excluding carboxylic acids is 4. The number of amides is 4. The Morgan fingerprint density at radius 3 is 2.05 bits per heavy atom. The smallest absolute Gasteiger partial charge is 0.243 e. The lowest BCUT2D eigenvalue weighted by Gasteiger charge is -2.26. The lowest BCUT2D eigenvalue weighted by molar-refractivity contribution is -0.130. The summed E-state index contributed by atoms with van der Waals surface area (Å²) in [7, 11) is -4.45. The summed E-state index contributed by atoms with van der Waals surface area (Å²) in [6.45, 7) is 0. The van der Waals surface area contributed by atoms with Gasteiger partial charge in [0, 0.05) is 17.5 Å². The molecule has 5 aromatic carbocycles. The van der Waals surface area contributed by atoms with Crippen LogP contribution < -0.4 is 21.7 Å². The molecule has 4 atom stereocenters. The number of hydrogen-bond donors (Lipinski definition) is 5. The van der Waals surface area contributed by atoms with Gasteiger partial charge in [-0.1, -0.05) is 121 Å². The predicted octanol–water partition coefficient (Wildman–Crippen LogP) is 5.88. The Morgan fingerprint density at radius 2 is 1.33 bits per heavy atom. The van der Waals surface area contributed by atoms with E-state index in [1.807, 2.05) is 109 Å². The van der Waals surface area contributed by atoms with E-state index in [1.165, 1.54) is 11.3 Å². The van der Waals surface area contributed by atoms with Gasteiger partial charge in [0.1, 0.15) is 24.0 Å². The van der Waals surface area contributed by atoms with Gasteiger partial charge in [0.05, 0.1) is 6.42 Å². The summed E-state index contributed by atoms with van der Waals surface area (Å²) in [6.07, 6.45) is -0.134. The van der Waals surface area contributed by atoms with Gasteiger partial charge in [0.2, 0.25) is 31.0 Å². The average molecular weight is 775 g/mol. The summed E-state index contributed by atoms with van der Waals surface area (Å²) in [5, 5.41) is 12.9. The zero-order valence-corrected chi connectivity index (χ0v) is 31.8. The van der Waals surface area contributed by atoms with Gasteiger partial charge >= 0.3 is 0 Å². The number of fused-ring (bicyclic) bond motifs is 2. The number of primary amides is 1. The van der Waals surface area contributed by atoms with E-state index in [0.29, 0.717) is 12.0 Å². The molecule has 0 bridgehead atoms. The van der Waals surface area contributed by atoms with Crippen molar-refractivity contribution in [2.75, 3.05) is 6.16 Å². The fourth-order valence-corrected chi connectivity index (χ4v) is 9.13. The van der Waals surface area contributed by atoms with E-state index in [0.717, 1.165) is 37.5 Å². The minimum Gasteiger partial charge on any atom is -0.368 e. The molecule has 0 aliphatic heterocycles. The fourth-order valence-electron chi connectivity index (χ4n) is 6.59. The minimum absolute atomic E-state index is 0.00211. The molecule has 0 saturated heterocycles. The van der Waals surface area contributed by atoms with Crippen molar-refractivity contribution in [1.82, 2.24) is 16.0 Å². The van der Waals surface area contributed by atoms with Gasteiger partial charge in [-0.25, -0.2) is 0 Å². The summed E-state index contributed by atoms with van der Waals surface area (Å²) in [4.78, 5) is 65.0. The molecule has 6 rings (SSSR count). The molecule has 2 unspecified atom stereocenters.